The molecule has 0 aliphatic rings. The van der Waals surface area contributed by atoms with E-state index in [1.165, 1.54) is 25.2 Å². The number of carboxylic acids is 1. The van der Waals surface area contributed by atoms with E-state index >= 15 is 0 Å². The van der Waals surface area contributed by atoms with Crippen molar-refractivity contribution >= 4 is 23.3 Å². The van der Waals surface area contributed by atoms with Crippen LogP contribution in [0.25, 0.3) is 0 Å². The Bertz CT molecular complexity index is 530. The number of nitrogens with one attached hydrogen (secondary N) is 2. The number of carbonyl (C=O) groups excluding carboxylic acids is 1. The number of hydrogen-bond donors (Lipinski definition) is 3. The molecule has 0 heterocycles. The fourth-order valence-corrected chi connectivity index (χ4v) is 1.59. The van der Waals surface area contributed by atoms with Crippen LogP contribution < -0.4 is 10.6 Å². The summed E-state index contributed by atoms with van der Waals surface area (Å²) < 4.78 is 0. The molecule has 8 heteroatoms. The van der Waals surface area contributed by atoms with Crippen LogP contribution in [0.4, 0.5) is 11.4 Å². The number of aliphatic carboxylic acids is 1. The number of nitro groups is 1. The van der Waals surface area contributed by atoms with Crippen LogP contribution in [0.15, 0.2) is 18.2 Å². The molecule has 1 aromatic carbocycles. The number of carboxylic acid groups (broad SMARTS) is 1. The van der Waals surface area contributed by atoms with Crippen molar-refractivity contribution in [3.8, 4) is 0 Å². The van der Waals surface area contributed by atoms with E-state index in [0.29, 0.717) is 12.0 Å². The molecule has 0 atom stereocenters. The number of carbonyl (C=O) groups is 2. The van der Waals surface area contributed by atoms with Gasteiger partial charge < -0.3 is 15.7 Å². The van der Waals surface area contributed by atoms with Crippen LogP contribution >= 0.6 is 0 Å². The van der Waals surface area contributed by atoms with Crippen molar-refractivity contribution in [2.45, 2.75) is 12.8 Å². The fraction of sp³-hybridized carbons (Fsp3) is 0.333. The first kappa shape index (κ1) is 15.4. The van der Waals surface area contributed by atoms with E-state index in [9.17, 15) is 19.7 Å². The SMILES string of the molecule is CNC(=O)c1ccc([N+](=O)[O-])c(NCCCC(=O)O)c1. The molecule has 1 aromatic rings. The van der Waals surface area contributed by atoms with Gasteiger partial charge in [-0.05, 0) is 18.6 Å². The highest BCUT2D eigenvalue weighted by atomic mass is 16.6. The first-order valence-corrected chi connectivity index (χ1v) is 5.92. The quantitative estimate of drug-likeness (QED) is 0.392. The number of rotatable bonds is 7. The Kier molecular flexibility index (Phi) is 5.45. The van der Waals surface area contributed by atoms with Gasteiger partial charge in [-0.2, -0.15) is 0 Å². The van der Waals surface area contributed by atoms with E-state index in [1.54, 1.807) is 0 Å². The second kappa shape index (κ2) is 7.07. The van der Waals surface area contributed by atoms with Crippen LogP contribution in [0.2, 0.25) is 0 Å². The van der Waals surface area contributed by atoms with Gasteiger partial charge in [-0.15, -0.1) is 0 Å². The molecule has 1 rings (SSSR count). The Morgan fingerprint density at radius 3 is 2.65 bits per heavy atom. The molecule has 3 N–H and O–H groups in total. The van der Waals surface area contributed by atoms with Gasteiger partial charge in [-0.1, -0.05) is 0 Å². The van der Waals surface area contributed by atoms with Crippen LogP contribution in [-0.2, 0) is 4.79 Å². The van der Waals surface area contributed by atoms with Crippen molar-refractivity contribution in [1.29, 1.82) is 0 Å². The van der Waals surface area contributed by atoms with E-state index in [0.717, 1.165) is 0 Å². The van der Waals surface area contributed by atoms with E-state index in [2.05, 4.69) is 10.6 Å². The molecule has 0 radical (unpaired) electrons. The lowest BCUT2D eigenvalue weighted by molar-refractivity contribution is -0.384. The van der Waals surface area contributed by atoms with E-state index in [1.807, 2.05) is 0 Å². The van der Waals surface area contributed by atoms with Gasteiger partial charge in [0, 0.05) is 31.6 Å². The number of hydrogen-bond acceptors (Lipinski definition) is 5. The summed E-state index contributed by atoms with van der Waals surface area (Å²) >= 11 is 0. The molecule has 0 bridgehead atoms. The Hall–Kier alpha value is -2.64. The lowest BCUT2D eigenvalue weighted by Gasteiger charge is -2.08. The monoisotopic (exact) mass is 281 g/mol. The maximum absolute atomic E-state index is 11.5. The smallest absolute Gasteiger partial charge is 0.303 e. The van der Waals surface area contributed by atoms with E-state index in [4.69, 9.17) is 5.11 Å². The second-order valence-electron chi connectivity index (χ2n) is 3.99. The van der Waals surface area contributed by atoms with Crippen molar-refractivity contribution in [2.75, 3.05) is 18.9 Å². The summed E-state index contributed by atoms with van der Waals surface area (Å²) in [5, 5.41) is 24.6. The average Bonchev–Trinajstić information content (AvgIpc) is 2.42. The summed E-state index contributed by atoms with van der Waals surface area (Å²) in [5.74, 6) is -1.28. The van der Waals surface area contributed by atoms with Crippen molar-refractivity contribution in [2.24, 2.45) is 0 Å². The highest BCUT2D eigenvalue weighted by Crippen LogP contribution is 2.25. The van der Waals surface area contributed by atoms with Crippen LogP contribution in [0.1, 0.15) is 23.2 Å². The number of amides is 1. The summed E-state index contributed by atoms with van der Waals surface area (Å²) in [6, 6.07) is 3.97. The van der Waals surface area contributed by atoms with E-state index < -0.39 is 10.9 Å². The molecule has 0 saturated carbocycles. The maximum atomic E-state index is 11.5. The zero-order valence-electron chi connectivity index (χ0n) is 10.9. The Morgan fingerprint density at radius 2 is 2.10 bits per heavy atom. The minimum absolute atomic E-state index is 0.0318. The molecule has 0 aliphatic carbocycles. The van der Waals surface area contributed by atoms with Crippen molar-refractivity contribution < 1.29 is 19.6 Å². The zero-order chi connectivity index (χ0) is 15.1. The van der Waals surface area contributed by atoms with Crippen LogP contribution in [0, 0.1) is 10.1 Å². The average molecular weight is 281 g/mol. The minimum atomic E-state index is -0.930. The predicted octanol–water partition coefficient (Wildman–Crippen LogP) is 1.23. The molecule has 0 aliphatic heterocycles. The Labute approximate surface area is 114 Å². The van der Waals surface area contributed by atoms with Gasteiger partial charge in [0.1, 0.15) is 5.69 Å². The number of nitro benzene ring substituents is 1. The Morgan fingerprint density at radius 1 is 1.40 bits per heavy atom. The van der Waals surface area contributed by atoms with Gasteiger partial charge in [-0.3, -0.25) is 19.7 Å². The third-order valence-electron chi connectivity index (χ3n) is 2.57. The molecule has 20 heavy (non-hydrogen) atoms. The van der Waals surface area contributed by atoms with Crippen molar-refractivity contribution in [3.63, 3.8) is 0 Å². The van der Waals surface area contributed by atoms with Crippen molar-refractivity contribution in [3.05, 3.63) is 33.9 Å². The number of anilines is 1. The van der Waals surface area contributed by atoms with Crippen molar-refractivity contribution in [1.82, 2.24) is 5.32 Å². The first-order valence-electron chi connectivity index (χ1n) is 5.92. The predicted molar refractivity (Wildman–Crippen MR) is 71.8 cm³/mol. The summed E-state index contributed by atoms with van der Waals surface area (Å²) in [6.45, 7) is 0.268. The Balaban J connectivity index is 2.86. The molecular weight excluding hydrogens is 266 g/mol. The highest BCUT2D eigenvalue weighted by Gasteiger charge is 2.16. The summed E-state index contributed by atoms with van der Waals surface area (Å²) in [5.41, 5.74) is 0.327. The number of benzene rings is 1. The lowest BCUT2D eigenvalue weighted by atomic mass is 10.1. The zero-order valence-corrected chi connectivity index (χ0v) is 10.9. The first-order chi connectivity index (χ1) is 9.45. The summed E-state index contributed by atoms with van der Waals surface area (Å²) in [4.78, 5) is 32.2. The molecule has 8 nitrogen and oxygen atoms in total. The summed E-state index contributed by atoms with van der Waals surface area (Å²) in [6.07, 6.45) is 0.298. The third-order valence-corrected chi connectivity index (χ3v) is 2.57. The van der Waals surface area contributed by atoms with Gasteiger partial charge >= 0.3 is 5.97 Å². The van der Waals surface area contributed by atoms with Gasteiger partial charge in [-0.25, -0.2) is 0 Å². The molecular formula is C12H15N3O5. The van der Waals surface area contributed by atoms with Gasteiger partial charge in [0.25, 0.3) is 11.6 Å². The van der Waals surface area contributed by atoms with Crippen LogP contribution in [0.3, 0.4) is 0 Å². The van der Waals surface area contributed by atoms with Gasteiger partial charge in [0.2, 0.25) is 0 Å². The standard InChI is InChI=1S/C12H15N3O5/c1-13-12(18)8-4-5-10(15(19)20)9(7-8)14-6-2-3-11(16)17/h4-5,7,14H,2-3,6H2,1H3,(H,13,18)(H,16,17). The molecule has 108 valence electrons. The van der Waals surface area contributed by atoms with Crippen LogP contribution in [0.5, 0.6) is 0 Å². The van der Waals surface area contributed by atoms with Gasteiger partial charge in [0.15, 0.2) is 0 Å². The molecule has 0 spiro atoms. The molecule has 0 aromatic heterocycles. The second-order valence-corrected chi connectivity index (χ2v) is 3.99. The van der Waals surface area contributed by atoms with Gasteiger partial charge in [0.05, 0.1) is 4.92 Å². The topological polar surface area (TPSA) is 122 Å². The largest absolute Gasteiger partial charge is 0.481 e. The number of nitrogens with zero attached hydrogens (tertiary/aromatic N) is 1. The molecule has 0 fully saturated rings. The third kappa shape index (κ3) is 4.23. The normalized spacial score (nSPS) is 9.85. The lowest BCUT2D eigenvalue weighted by Crippen LogP contribution is -2.18. The van der Waals surface area contributed by atoms with Crippen LogP contribution in [-0.4, -0.2) is 35.5 Å². The minimum Gasteiger partial charge on any atom is -0.481 e. The molecule has 0 saturated heterocycles. The van der Waals surface area contributed by atoms with E-state index in [-0.39, 0.29) is 30.2 Å². The molecule has 1 amide bonds. The molecule has 0 unspecified atom stereocenters. The fourth-order valence-electron chi connectivity index (χ4n) is 1.59. The maximum Gasteiger partial charge on any atom is 0.303 e. The summed E-state index contributed by atoms with van der Waals surface area (Å²) in [7, 11) is 1.46. The highest BCUT2D eigenvalue weighted by molar-refractivity contribution is 5.95.